The summed E-state index contributed by atoms with van der Waals surface area (Å²) in [5.41, 5.74) is 1.20. The lowest BCUT2D eigenvalue weighted by molar-refractivity contribution is -0.120. The molecule has 1 aliphatic rings. The molecule has 0 bridgehead atoms. The second-order valence-corrected chi connectivity index (χ2v) is 8.08. The number of aromatic nitrogens is 1. The Bertz CT molecular complexity index is 965. The molecule has 1 saturated heterocycles. The van der Waals surface area contributed by atoms with E-state index < -0.39 is 0 Å². The first-order valence-corrected chi connectivity index (χ1v) is 10.9. The van der Waals surface area contributed by atoms with Crippen LogP contribution in [0.4, 0.5) is 5.13 Å². The van der Waals surface area contributed by atoms with Crippen LogP contribution in [0.1, 0.15) is 40.7 Å². The molecule has 1 aromatic carbocycles. The number of carbonyl (C=O) groups is 2. The summed E-state index contributed by atoms with van der Waals surface area (Å²) in [5.74, 6) is 0.557. The van der Waals surface area contributed by atoms with Crippen LogP contribution in [-0.2, 0) is 11.2 Å². The Morgan fingerprint density at radius 3 is 2.67 bits per heavy atom. The third kappa shape index (κ3) is 5.14. The van der Waals surface area contributed by atoms with Crippen molar-refractivity contribution in [2.24, 2.45) is 0 Å². The Hall–Kier alpha value is -2.97. The summed E-state index contributed by atoms with van der Waals surface area (Å²) < 4.78 is 5.59. The molecule has 1 unspecified atom stereocenters. The standard InChI is InChI=1S/C22H24N4O3S/c27-20(23-14-18(19-9-6-12-29-19)26-10-4-5-11-26)13-17-15-30-22(24-17)25-21(28)16-7-2-1-3-8-16/h1-3,6-9,12,15,18H,4-5,10-11,13-14H2,(H,23,27)(H,24,25,28). The van der Waals surface area contributed by atoms with Gasteiger partial charge in [-0.2, -0.15) is 0 Å². The maximum Gasteiger partial charge on any atom is 0.257 e. The zero-order valence-corrected chi connectivity index (χ0v) is 17.4. The van der Waals surface area contributed by atoms with Crippen molar-refractivity contribution in [2.45, 2.75) is 25.3 Å². The lowest BCUT2D eigenvalue weighted by Gasteiger charge is -2.25. The van der Waals surface area contributed by atoms with Crippen LogP contribution in [0.2, 0.25) is 0 Å². The number of nitrogens with zero attached hydrogens (tertiary/aromatic N) is 2. The average molecular weight is 425 g/mol. The molecule has 2 amide bonds. The summed E-state index contributed by atoms with van der Waals surface area (Å²) in [5, 5.41) is 8.06. The SMILES string of the molecule is O=C(Cc1csc(NC(=O)c2ccccc2)n1)NCC(c1ccco1)N1CCCC1. The molecule has 3 heterocycles. The van der Waals surface area contributed by atoms with E-state index in [1.54, 1.807) is 23.8 Å². The van der Waals surface area contributed by atoms with E-state index in [9.17, 15) is 9.59 Å². The van der Waals surface area contributed by atoms with Gasteiger partial charge in [-0.15, -0.1) is 11.3 Å². The van der Waals surface area contributed by atoms with Gasteiger partial charge in [0.05, 0.1) is 24.4 Å². The molecule has 30 heavy (non-hydrogen) atoms. The first-order chi connectivity index (χ1) is 14.7. The van der Waals surface area contributed by atoms with Crippen LogP contribution in [0.5, 0.6) is 0 Å². The molecule has 156 valence electrons. The molecule has 1 atom stereocenters. The minimum absolute atomic E-state index is 0.0441. The van der Waals surface area contributed by atoms with Crippen molar-refractivity contribution in [1.82, 2.24) is 15.2 Å². The number of anilines is 1. The van der Waals surface area contributed by atoms with Crippen molar-refractivity contribution >= 4 is 28.3 Å². The third-order valence-corrected chi connectivity index (χ3v) is 5.90. The van der Waals surface area contributed by atoms with Crippen LogP contribution < -0.4 is 10.6 Å². The van der Waals surface area contributed by atoms with E-state index >= 15 is 0 Å². The van der Waals surface area contributed by atoms with Crippen molar-refractivity contribution in [1.29, 1.82) is 0 Å². The van der Waals surface area contributed by atoms with E-state index in [2.05, 4.69) is 20.5 Å². The normalized spacial score (nSPS) is 15.1. The Kier molecular flexibility index (Phi) is 6.56. The minimum Gasteiger partial charge on any atom is -0.468 e. The van der Waals surface area contributed by atoms with Crippen molar-refractivity contribution in [3.05, 3.63) is 71.1 Å². The van der Waals surface area contributed by atoms with Gasteiger partial charge in [0.15, 0.2) is 5.13 Å². The molecule has 8 heteroatoms. The van der Waals surface area contributed by atoms with Crippen molar-refractivity contribution in [3.63, 3.8) is 0 Å². The van der Waals surface area contributed by atoms with Gasteiger partial charge in [0, 0.05) is 17.5 Å². The number of likely N-dealkylation sites (tertiary alicyclic amines) is 1. The topological polar surface area (TPSA) is 87.5 Å². The number of hydrogen-bond acceptors (Lipinski definition) is 6. The van der Waals surface area contributed by atoms with E-state index in [4.69, 9.17) is 4.42 Å². The summed E-state index contributed by atoms with van der Waals surface area (Å²) in [6.07, 6.45) is 4.17. The van der Waals surface area contributed by atoms with E-state index in [1.165, 1.54) is 24.2 Å². The maximum absolute atomic E-state index is 12.5. The van der Waals surface area contributed by atoms with Gasteiger partial charge in [0.25, 0.3) is 5.91 Å². The van der Waals surface area contributed by atoms with Crippen LogP contribution in [0, 0.1) is 0 Å². The van der Waals surface area contributed by atoms with Gasteiger partial charge in [-0.05, 0) is 50.2 Å². The van der Waals surface area contributed by atoms with Gasteiger partial charge in [-0.1, -0.05) is 18.2 Å². The maximum atomic E-state index is 12.5. The van der Waals surface area contributed by atoms with Crippen LogP contribution in [0.15, 0.2) is 58.5 Å². The van der Waals surface area contributed by atoms with Crippen molar-refractivity contribution in [2.75, 3.05) is 25.0 Å². The van der Waals surface area contributed by atoms with Gasteiger partial charge in [-0.25, -0.2) is 4.98 Å². The predicted octanol–water partition coefficient (Wildman–Crippen LogP) is 3.48. The van der Waals surface area contributed by atoms with Gasteiger partial charge in [0.2, 0.25) is 5.91 Å². The number of carbonyl (C=O) groups excluding carboxylic acids is 2. The molecule has 0 aliphatic carbocycles. The highest BCUT2D eigenvalue weighted by Gasteiger charge is 2.26. The summed E-state index contributed by atoms with van der Waals surface area (Å²) in [6.45, 7) is 2.52. The summed E-state index contributed by atoms with van der Waals surface area (Å²) in [7, 11) is 0. The monoisotopic (exact) mass is 424 g/mol. The second kappa shape index (κ2) is 9.69. The Labute approximate surface area is 179 Å². The van der Waals surface area contributed by atoms with Gasteiger partial charge in [0.1, 0.15) is 5.76 Å². The largest absolute Gasteiger partial charge is 0.468 e. The van der Waals surface area contributed by atoms with Crippen LogP contribution in [-0.4, -0.2) is 41.3 Å². The average Bonchev–Trinajstić information content (AvgIpc) is 3.53. The van der Waals surface area contributed by atoms with Crippen LogP contribution in [0.25, 0.3) is 0 Å². The van der Waals surface area contributed by atoms with Gasteiger partial charge >= 0.3 is 0 Å². The van der Waals surface area contributed by atoms with E-state index in [-0.39, 0.29) is 24.3 Å². The fourth-order valence-electron chi connectivity index (χ4n) is 3.59. The lowest BCUT2D eigenvalue weighted by atomic mass is 10.2. The number of nitrogens with one attached hydrogen (secondary N) is 2. The molecule has 2 aromatic heterocycles. The molecule has 2 N–H and O–H groups in total. The predicted molar refractivity (Wildman–Crippen MR) is 115 cm³/mol. The molecule has 0 radical (unpaired) electrons. The Morgan fingerprint density at radius 2 is 1.93 bits per heavy atom. The molecular formula is C22H24N4O3S. The first-order valence-electron chi connectivity index (χ1n) is 10.0. The Morgan fingerprint density at radius 1 is 1.13 bits per heavy atom. The highest BCUT2D eigenvalue weighted by molar-refractivity contribution is 7.14. The van der Waals surface area contributed by atoms with E-state index in [0.29, 0.717) is 22.9 Å². The molecule has 0 saturated carbocycles. The zero-order chi connectivity index (χ0) is 20.8. The number of hydrogen-bond donors (Lipinski definition) is 2. The number of furan rings is 1. The van der Waals surface area contributed by atoms with E-state index in [1.807, 2.05) is 30.3 Å². The Balaban J connectivity index is 1.30. The lowest BCUT2D eigenvalue weighted by Crippen LogP contribution is -2.37. The van der Waals surface area contributed by atoms with Gasteiger partial charge < -0.3 is 9.73 Å². The molecule has 1 fully saturated rings. The van der Waals surface area contributed by atoms with Crippen LogP contribution >= 0.6 is 11.3 Å². The fourth-order valence-corrected chi connectivity index (χ4v) is 4.29. The molecule has 0 spiro atoms. The first kappa shape index (κ1) is 20.3. The van der Waals surface area contributed by atoms with Gasteiger partial charge in [-0.3, -0.25) is 19.8 Å². The molecule has 3 aromatic rings. The molecule has 1 aliphatic heterocycles. The van der Waals surface area contributed by atoms with Crippen molar-refractivity contribution in [3.8, 4) is 0 Å². The highest BCUT2D eigenvalue weighted by atomic mass is 32.1. The number of amides is 2. The van der Waals surface area contributed by atoms with Crippen molar-refractivity contribution < 1.29 is 14.0 Å². The minimum atomic E-state index is -0.215. The van der Waals surface area contributed by atoms with Crippen LogP contribution in [0.3, 0.4) is 0 Å². The van der Waals surface area contributed by atoms with E-state index in [0.717, 1.165) is 18.8 Å². The molecule has 7 nitrogen and oxygen atoms in total. The zero-order valence-electron chi connectivity index (χ0n) is 16.5. The number of rotatable bonds is 8. The highest BCUT2D eigenvalue weighted by Crippen LogP contribution is 2.25. The number of thiazole rings is 1. The third-order valence-electron chi connectivity index (χ3n) is 5.10. The molecular weight excluding hydrogens is 400 g/mol. The second-order valence-electron chi connectivity index (χ2n) is 7.22. The quantitative estimate of drug-likeness (QED) is 0.578. The summed E-state index contributed by atoms with van der Waals surface area (Å²) in [4.78, 5) is 31.4. The summed E-state index contributed by atoms with van der Waals surface area (Å²) >= 11 is 1.31. The molecule has 4 rings (SSSR count). The summed E-state index contributed by atoms with van der Waals surface area (Å²) in [6, 6.07) is 12.8. The smallest absolute Gasteiger partial charge is 0.257 e. The number of benzene rings is 1. The fraction of sp³-hybridized carbons (Fsp3) is 0.318.